The van der Waals surface area contributed by atoms with E-state index in [9.17, 15) is 9.59 Å². The summed E-state index contributed by atoms with van der Waals surface area (Å²) < 4.78 is 2.04. The molecule has 156 valence electrons. The number of hydrogen-bond acceptors (Lipinski definition) is 2. The smallest absolute Gasteiger partial charge is 0.322 e. The number of aryl methyl sites for hydroxylation is 2. The Morgan fingerprint density at radius 3 is 2.55 bits per heavy atom. The molecule has 29 heavy (non-hydrogen) atoms. The summed E-state index contributed by atoms with van der Waals surface area (Å²) in [4.78, 5) is 29.6. The van der Waals surface area contributed by atoms with Gasteiger partial charge < -0.3 is 19.7 Å². The van der Waals surface area contributed by atoms with Crippen LogP contribution in [-0.4, -0.2) is 45.4 Å². The van der Waals surface area contributed by atoms with E-state index in [0.717, 1.165) is 41.8 Å². The van der Waals surface area contributed by atoms with Gasteiger partial charge in [-0.1, -0.05) is 19.1 Å². The molecule has 0 radical (unpaired) electrons. The maximum Gasteiger partial charge on any atom is 0.322 e. The molecule has 6 heteroatoms. The molecule has 2 aromatic rings. The van der Waals surface area contributed by atoms with Crippen LogP contribution in [0.5, 0.6) is 0 Å². The number of nitrogens with zero attached hydrogens (tertiary/aromatic N) is 3. The monoisotopic (exact) mass is 396 g/mol. The third-order valence-corrected chi connectivity index (χ3v) is 5.64. The first kappa shape index (κ1) is 21.0. The predicted octanol–water partition coefficient (Wildman–Crippen LogP) is 4.08. The standard InChI is InChI=1S/C23H32N4O2/c1-5-13-26(23(29)24-21-10-6-8-17(2)18(21)3)16-22(28)27(19-11-12-19)15-20-9-7-14-25(20)4/h6-10,14,19H,5,11-13,15-16H2,1-4H3,(H,24,29). The van der Waals surface area contributed by atoms with Crippen molar-refractivity contribution in [1.29, 1.82) is 0 Å². The van der Waals surface area contributed by atoms with Crippen LogP contribution in [0, 0.1) is 13.8 Å². The minimum atomic E-state index is -0.219. The Hall–Kier alpha value is -2.76. The maximum atomic E-state index is 13.1. The second-order valence-electron chi connectivity index (χ2n) is 7.96. The molecule has 1 heterocycles. The molecule has 0 atom stereocenters. The molecule has 0 unspecified atom stereocenters. The van der Waals surface area contributed by atoms with E-state index < -0.39 is 0 Å². The summed E-state index contributed by atoms with van der Waals surface area (Å²) in [6.45, 7) is 7.28. The van der Waals surface area contributed by atoms with Gasteiger partial charge in [-0.3, -0.25) is 4.79 Å². The first-order chi connectivity index (χ1) is 13.9. The van der Waals surface area contributed by atoms with Gasteiger partial charge in [-0.05, 0) is 62.4 Å². The van der Waals surface area contributed by atoms with Crippen molar-refractivity contribution in [3.05, 3.63) is 53.3 Å². The van der Waals surface area contributed by atoms with Crippen molar-refractivity contribution in [3.8, 4) is 0 Å². The van der Waals surface area contributed by atoms with Gasteiger partial charge in [0, 0.05) is 37.2 Å². The summed E-state index contributed by atoms with van der Waals surface area (Å²) in [7, 11) is 1.99. The highest BCUT2D eigenvalue weighted by atomic mass is 16.2. The highest BCUT2D eigenvalue weighted by molar-refractivity contribution is 5.93. The quantitative estimate of drug-likeness (QED) is 0.731. The van der Waals surface area contributed by atoms with Crippen LogP contribution < -0.4 is 5.32 Å². The number of rotatable bonds is 8. The van der Waals surface area contributed by atoms with E-state index in [1.165, 1.54) is 0 Å². The Morgan fingerprint density at radius 1 is 1.17 bits per heavy atom. The van der Waals surface area contributed by atoms with Gasteiger partial charge in [0.25, 0.3) is 0 Å². The fraction of sp³-hybridized carbons (Fsp3) is 0.478. The third kappa shape index (κ3) is 5.19. The summed E-state index contributed by atoms with van der Waals surface area (Å²) in [5, 5.41) is 2.99. The first-order valence-electron chi connectivity index (χ1n) is 10.4. The molecule has 6 nitrogen and oxygen atoms in total. The molecule has 1 aromatic carbocycles. The van der Waals surface area contributed by atoms with Gasteiger partial charge in [-0.25, -0.2) is 4.79 Å². The highest BCUT2D eigenvalue weighted by Gasteiger charge is 2.34. The number of anilines is 1. The summed E-state index contributed by atoms with van der Waals surface area (Å²) >= 11 is 0. The van der Waals surface area contributed by atoms with Crippen molar-refractivity contribution in [2.24, 2.45) is 7.05 Å². The van der Waals surface area contributed by atoms with Crippen molar-refractivity contribution in [2.75, 3.05) is 18.4 Å². The van der Waals surface area contributed by atoms with Gasteiger partial charge in [0.2, 0.25) is 5.91 Å². The number of carbonyl (C=O) groups excluding carboxylic acids is 2. The van der Waals surface area contributed by atoms with Gasteiger partial charge in [0.05, 0.1) is 6.54 Å². The summed E-state index contributed by atoms with van der Waals surface area (Å²) in [6.07, 6.45) is 4.87. The fourth-order valence-electron chi connectivity index (χ4n) is 3.50. The van der Waals surface area contributed by atoms with Crippen LogP contribution in [0.4, 0.5) is 10.5 Å². The second kappa shape index (κ2) is 9.16. The maximum absolute atomic E-state index is 13.1. The lowest BCUT2D eigenvalue weighted by molar-refractivity contribution is -0.133. The molecular weight excluding hydrogens is 364 g/mol. The molecule has 1 saturated carbocycles. The van der Waals surface area contributed by atoms with Crippen molar-refractivity contribution < 1.29 is 9.59 Å². The van der Waals surface area contributed by atoms with Gasteiger partial charge in [0.1, 0.15) is 6.54 Å². The van der Waals surface area contributed by atoms with E-state index in [1.807, 2.05) is 73.8 Å². The zero-order valence-electron chi connectivity index (χ0n) is 17.9. The average Bonchev–Trinajstić information content (AvgIpc) is 3.45. The topological polar surface area (TPSA) is 57.6 Å². The Morgan fingerprint density at radius 2 is 1.93 bits per heavy atom. The van der Waals surface area contributed by atoms with Crippen LogP contribution in [-0.2, 0) is 18.4 Å². The summed E-state index contributed by atoms with van der Waals surface area (Å²) in [6, 6.07) is 9.97. The van der Waals surface area contributed by atoms with Crippen LogP contribution in [0.25, 0.3) is 0 Å². The zero-order chi connectivity index (χ0) is 21.0. The summed E-state index contributed by atoms with van der Waals surface area (Å²) in [5.41, 5.74) is 4.08. The fourth-order valence-corrected chi connectivity index (χ4v) is 3.50. The molecule has 3 rings (SSSR count). The molecule has 0 bridgehead atoms. The Labute approximate surface area is 173 Å². The van der Waals surface area contributed by atoms with Gasteiger partial charge >= 0.3 is 6.03 Å². The molecule has 0 spiro atoms. The Bertz CT molecular complexity index is 870. The molecule has 0 aliphatic heterocycles. The van der Waals surface area contributed by atoms with Crippen molar-refractivity contribution in [3.63, 3.8) is 0 Å². The van der Waals surface area contributed by atoms with Crippen molar-refractivity contribution in [1.82, 2.24) is 14.4 Å². The van der Waals surface area contributed by atoms with E-state index in [-0.39, 0.29) is 18.5 Å². The Kier molecular flexibility index (Phi) is 6.62. The number of urea groups is 1. The van der Waals surface area contributed by atoms with E-state index >= 15 is 0 Å². The van der Waals surface area contributed by atoms with Crippen LogP contribution >= 0.6 is 0 Å². The molecule has 1 fully saturated rings. The largest absolute Gasteiger partial charge is 0.353 e. The molecule has 1 aromatic heterocycles. The lowest BCUT2D eigenvalue weighted by atomic mass is 10.1. The van der Waals surface area contributed by atoms with Crippen molar-refractivity contribution in [2.45, 2.75) is 52.6 Å². The minimum Gasteiger partial charge on any atom is -0.353 e. The zero-order valence-corrected chi connectivity index (χ0v) is 17.9. The third-order valence-electron chi connectivity index (χ3n) is 5.64. The van der Waals surface area contributed by atoms with Crippen LogP contribution in [0.1, 0.15) is 43.0 Å². The highest BCUT2D eigenvalue weighted by Crippen LogP contribution is 2.28. The van der Waals surface area contributed by atoms with Gasteiger partial charge in [-0.15, -0.1) is 0 Å². The Balaban J connectivity index is 1.69. The van der Waals surface area contributed by atoms with E-state index in [4.69, 9.17) is 0 Å². The average molecular weight is 397 g/mol. The van der Waals surface area contributed by atoms with Crippen LogP contribution in [0.3, 0.4) is 0 Å². The lowest BCUT2D eigenvalue weighted by Crippen LogP contribution is -2.45. The lowest BCUT2D eigenvalue weighted by Gasteiger charge is -2.28. The number of hydrogen-bond donors (Lipinski definition) is 1. The SMILES string of the molecule is CCCN(CC(=O)N(Cc1cccn1C)C1CC1)C(=O)Nc1cccc(C)c1C. The van der Waals surface area contributed by atoms with E-state index in [0.29, 0.717) is 19.1 Å². The molecule has 3 amide bonds. The first-order valence-corrected chi connectivity index (χ1v) is 10.4. The minimum absolute atomic E-state index is 0.0123. The number of carbonyl (C=O) groups is 2. The number of aromatic nitrogens is 1. The van der Waals surface area contributed by atoms with E-state index in [1.54, 1.807) is 4.90 Å². The van der Waals surface area contributed by atoms with Crippen LogP contribution in [0.2, 0.25) is 0 Å². The number of nitrogens with one attached hydrogen (secondary N) is 1. The molecule has 1 aliphatic carbocycles. The predicted molar refractivity (Wildman–Crippen MR) is 116 cm³/mol. The van der Waals surface area contributed by atoms with E-state index in [2.05, 4.69) is 5.32 Å². The number of amides is 3. The number of benzene rings is 1. The van der Waals surface area contributed by atoms with Crippen LogP contribution in [0.15, 0.2) is 36.5 Å². The molecule has 0 saturated heterocycles. The second-order valence-corrected chi connectivity index (χ2v) is 7.96. The molecule has 1 N–H and O–H groups in total. The van der Waals surface area contributed by atoms with Gasteiger partial charge in [0.15, 0.2) is 0 Å². The van der Waals surface area contributed by atoms with Crippen molar-refractivity contribution >= 4 is 17.6 Å². The normalized spacial score (nSPS) is 13.2. The molecule has 1 aliphatic rings. The summed E-state index contributed by atoms with van der Waals surface area (Å²) in [5.74, 6) is 0.0123. The van der Waals surface area contributed by atoms with Gasteiger partial charge in [-0.2, -0.15) is 0 Å². The molecular formula is C23H32N4O2.